The van der Waals surface area contributed by atoms with Crippen LogP contribution in [0.4, 0.5) is 5.82 Å². The van der Waals surface area contributed by atoms with Crippen LogP contribution in [0.25, 0.3) is 0 Å². The minimum atomic E-state index is 0.371. The van der Waals surface area contributed by atoms with E-state index in [1.54, 1.807) is 0 Å². The van der Waals surface area contributed by atoms with Crippen molar-refractivity contribution in [2.45, 2.75) is 32.6 Å². The van der Waals surface area contributed by atoms with Crippen molar-refractivity contribution < 1.29 is 0 Å². The molecule has 2 rings (SSSR count). The van der Waals surface area contributed by atoms with E-state index in [1.807, 2.05) is 0 Å². The predicted molar refractivity (Wildman–Crippen MR) is 66.8 cm³/mol. The number of aryl methyl sites for hydroxylation is 1. The highest BCUT2D eigenvalue weighted by molar-refractivity contribution is 6.28. The molecule has 0 saturated carbocycles. The lowest BCUT2D eigenvalue weighted by atomic mass is 10.2. The van der Waals surface area contributed by atoms with Crippen LogP contribution in [0.15, 0.2) is 6.07 Å². The minimum absolute atomic E-state index is 0.371. The van der Waals surface area contributed by atoms with Crippen LogP contribution in [0.3, 0.4) is 0 Å². The topological polar surface area (TPSA) is 29.0 Å². The molecule has 1 saturated heterocycles. The van der Waals surface area contributed by atoms with Crippen molar-refractivity contribution in [2.24, 2.45) is 0 Å². The van der Waals surface area contributed by atoms with Crippen LogP contribution in [0, 0.1) is 6.42 Å². The molecule has 1 aromatic heterocycles. The van der Waals surface area contributed by atoms with Crippen LogP contribution < -0.4 is 4.90 Å². The standard InChI is InChI=1S/C12H17ClN3/c1-2-3-6-10-9-11(15-12(13)14-10)16-7-4-5-8-16/h4,9H,2-3,5-8H2,1H3. The van der Waals surface area contributed by atoms with Gasteiger partial charge in [-0.05, 0) is 37.3 Å². The third-order valence-electron chi connectivity index (χ3n) is 2.80. The first-order chi connectivity index (χ1) is 7.79. The summed E-state index contributed by atoms with van der Waals surface area (Å²) in [5.41, 5.74) is 1.06. The van der Waals surface area contributed by atoms with Crippen molar-refractivity contribution in [3.8, 4) is 0 Å². The van der Waals surface area contributed by atoms with Crippen molar-refractivity contribution in [1.29, 1.82) is 0 Å². The van der Waals surface area contributed by atoms with Gasteiger partial charge in [-0.15, -0.1) is 0 Å². The van der Waals surface area contributed by atoms with E-state index in [0.29, 0.717) is 5.28 Å². The van der Waals surface area contributed by atoms with E-state index in [0.717, 1.165) is 43.9 Å². The van der Waals surface area contributed by atoms with Crippen molar-refractivity contribution >= 4 is 17.4 Å². The Morgan fingerprint density at radius 2 is 2.31 bits per heavy atom. The van der Waals surface area contributed by atoms with Crippen molar-refractivity contribution in [3.63, 3.8) is 0 Å². The largest absolute Gasteiger partial charge is 0.356 e. The van der Waals surface area contributed by atoms with Crippen LogP contribution in [0.1, 0.15) is 31.9 Å². The second-order valence-electron chi connectivity index (χ2n) is 4.11. The van der Waals surface area contributed by atoms with Gasteiger partial charge in [-0.25, -0.2) is 9.97 Å². The van der Waals surface area contributed by atoms with Gasteiger partial charge in [0.05, 0.1) is 0 Å². The summed E-state index contributed by atoms with van der Waals surface area (Å²) in [5, 5.41) is 0.371. The zero-order valence-electron chi connectivity index (χ0n) is 9.62. The molecule has 0 spiro atoms. The number of rotatable bonds is 4. The van der Waals surface area contributed by atoms with Crippen LogP contribution in [0.5, 0.6) is 0 Å². The molecule has 0 amide bonds. The molecule has 4 heteroatoms. The molecule has 0 unspecified atom stereocenters. The highest BCUT2D eigenvalue weighted by Gasteiger charge is 2.15. The summed E-state index contributed by atoms with van der Waals surface area (Å²) in [6.07, 6.45) is 6.71. The van der Waals surface area contributed by atoms with E-state index >= 15 is 0 Å². The molecule has 0 aliphatic carbocycles. The smallest absolute Gasteiger partial charge is 0.224 e. The molecule has 0 bridgehead atoms. The number of halogens is 1. The van der Waals surface area contributed by atoms with Gasteiger partial charge in [0.1, 0.15) is 5.82 Å². The molecule has 0 N–H and O–H groups in total. The Kier molecular flexibility index (Phi) is 3.99. The lowest BCUT2D eigenvalue weighted by Gasteiger charge is -2.16. The molecule has 0 atom stereocenters. The number of hydrogen-bond donors (Lipinski definition) is 0. The lowest BCUT2D eigenvalue weighted by Crippen LogP contribution is -2.19. The van der Waals surface area contributed by atoms with Gasteiger partial charge in [0, 0.05) is 24.8 Å². The summed E-state index contributed by atoms with van der Waals surface area (Å²) in [4.78, 5) is 10.8. The monoisotopic (exact) mass is 238 g/mol. The van der Waals surface area contributed by atoms with Gasteiger partial charge < -0.3 is 4.90 Å². The van der Waals surface area contributed by atoms with E-state index < -0.39 is 0 Å². The Morgan fingerprint density at radius 1 is 1.44 bits per heavy atom. The number of aromatic nitrogens is 2. The molecule has 87 valence electrons. The Bertz CT molecular complexity index is 348. The number of anilines is 1. The second kappa shape index (κ2) is 5.48. The average Bonchev–Trinajstić information content (AvgIpc) is 2.79. The van der Waals surface area contributed by atoms with Gasteiger partial charge in [-0.1, -0.05) is 13.3 Å². The average molecular weight is 239 g/mol. The molecular weight excluding hydrogens is 222 g/mol. The van der Waals surface area contributed by atoms with Crippen LogP contribution in [-0.2, 0) is 6.42 Å². The first kappa shape index (κ1) is 11.6. The van der Waals surface area contributed by atoms with Crippen LogP contribution >= 0.6 is 11.6 Å². The quantitative estimate of drug-likeness (QED) is 0.756. The van der Waals surface area contributed by atoms with Gasteiger partial charge in [-0.3, -0.25) is 0 Å². The zero-order valence-corrected chi connectivity index (χ0v) is 10.4. The maximum atomic E-state index is 5.95. The predicted octanol–water partition coefficient (Wildman–Crippen LogP) is 2.89. The summed E-state index contributed by atoms with van der Waals surface area (Å²) in [6.45, 7) is 4.19. The second-order valence-corrected chi connectivity index (χ2v) is 4.45. The summed E-state index contributed by atoms with van der Waals surface area (Å²) in [5.74, 6) is 0.972. The van der Waals surface area contributed by atoms with E-state index in [9.17, 15) is 0 Å². The maximum Gasteiger partial charge on any atom is 0.224 e. The minimum Gasteiger partial charge on any atom is -0.356 e. The lowest BCUT2D eigenvalue weighted by molar-refractivity contribution is 0.771. The van der Waals surface area contributed by atoms with Gasteiger partial charge in [-0.2, -0.15) is 0 Å². The van der Waals surface area contributed by atoms with Gasteiger partial charge in [0.2, 0.25) is 5.28 Å². The third-order valence-corrected chi connectivity index (χ3v) is 2.97. The molecule has 0 aromatic carbocycles. The fourth-order valence-corrected chi connectivity index (χ4v) is 2.09. The van der Waals surface area contributed by atoms with Crippen molar-refractivity contribution in [2.75, 3.05) is 18.0 Å². The summed E-state index contributed by atoms with van der Waals surface area (Å²) < 4.78 is 0. The van der Waals surface area contributed by atoms with Gasteiger partial charge in [0.25, 0.3) is 0 Å². The van der Waals surface area contributed by atoms with Crippen LogP contribution in [-0.4, -0.2) is 23.1 Å². The Balaban J connectivity index is 2.14. The summed E-state index contributed by atoms with van der Waals surface area (Å²) >= 11 is 5.95. The molecule has 1 aliphatic heterocycles. The molecule has 1 fully saturated rings. The molecule has 3 nitrogen and oxygen atoms in total. The van der Waals surface area contributed by atoms with Crippen LogP contribution in [0.2, 0.25) is 5.28 Å². The first-order valence-corrected chi connectivity index (χ1v) is 6.27. The maximum absolute atomic E-state index is 5.95. The Morgan fingerprint density at radius 3 is 3.00 bits per heavy atom. The zero-order chi connectivity index (χ0) is 11.4. The summed E-state index contributed by atoms with van der Waals surface area (Å²) in [7, 11) is 0. The third kappa shape index (κ3) is 2.85. The van der Waals surface area contributed by atoms with Crippen molar-refractivity contribution in [3.05, 3.63) is 23.5 Å². The molecular formula is C12H17ClN3. The molecule has 1 radical (unpaired) electrons. The van der Waals surface area contributed by atoms with E-state index in [1.165, 1.54) is 6.42 Å². The highest BCUT2D eigenvalue weighted by Crippen LogP contribution is 2.20. The fourth-order valence-electron chi connectivity index (χ4n) is 1.89. The van der Waals surface area contributed by atoms with E-state index in [4.69, 9.17) is 11.6 Å². The van der Waals surface area contributed by atoms with Crippen molar-refractivity contribution in [1.82, 2.24) is 9.97 Å². The van der Waals surface area contributed by atoms with E-state index in [-0.39, 0.29) is 0 Å². The Labute approximate surface area is 102 Å². The van der Waals surface area contributed by atoms with Gasteiger partial charge in [0.15, 0.2) is 0 Å². The molecule has 16 heavy (non-hydrogen) atoms. The molecule has 1 aliphatic rings. The molecule has 2 heterocycles. The Hall–Kier alpha value is -0.830. The first-order valence-electron chi connectivity index (χ1n) is 5.89. The summed E-state index contributed by atoms with van der Waals surface area (Å²) in [6, 6.07) is 2.07. The molecule has 1 aromatic rings. The number of hydrogen-bond acceptors (Lipinski definition) is 3. The fraction of sp³-hybridized carbons (Fsp3) is 0.583. The number of nitrogens with zero attached hydrogens (tertiary/aromatic N) is 3. The van der Waals surface area contributed by atoms with Gasteiger partial charge >= 0.3 is 0 Å². The number of unbranched alkanes of at least 4 members (excludes halogenated alkanes) is 1. The SMILES string of the molecule is CCCCc1cc(N2C[CH]CC2)nc(Cl)n1. The normalized spacial score (nSPS) is 15.8. The van der Waals surface area contributed by atoms with E-state index in [2.05, 4.69) is 34.3 Å². The highest BCUT2D eigenvalue weighted by atomic mass is 35.5.